The Labute approximate surface area is 168 Å². The molecule has 29 heavy (non-hydrogen) atoms. The van der Waals surface area contributed by atoms with E-state index in [1.54, 1.807) is 36.4 Å². The molecule has 2 aromatic carbocycles. The smallest absolute Gasteiger partial charge is 0.343 e. The number of ether oxygens (including phenoxy) is 4. The Morgan fingerprint density at radius 2 is 1.55 bits per heavy atom. The molecule has 3 rings (SSSR count). The van der Waals surface area contributed by atoms with Crippen molar-refractivity contribution in [2.75, 3.05) is 19.8 Å². The molecule has 0 saturated carbocycles. The zero-order valence-electron chi connectivity index (χ0n) is 16.5. The van der Waals surface area contributed by atoms with Crippen LogP contribution in [0, 0.1) is 0 Å². The number of benzene rings is 2. The molecular weight excluding hydrogens is 376 g/mol. The fourth-order valence-corrected chi connectivity index (χ4v) is 2.62. The van der Waals surface area contributed by atoms with E-state index < -0.39 is 5.97 Å². The summed E-state index contributed by atoms with van der Waals surface area (Å²) in [6.07, 6.45) is 1.48. The first-order valence-corrected chi connectivity index (χ1v) is 9.28. The predicted molar refractivity (Wildman–Crippen MR) is 104 cm³/mol. The van der Waals surface area contributed by atoms with Crippen molar-refractivity contribution in [2.45, 2.75) is 20.8 Å². The van der Waals surface area contributed by atoms with Crippen LogP contribution in [0.4, 0.5) is 0 Å². The highest BCUT2D eigenvalue weighted by Crippen LogP contribution is 2.39. The average Bonchev–Trinajstić information content (AvgIpc) is 3.26. The number of hydrogen-bond donors (Lipinski definition) is 0. The van der Waals surface area contributed by atoms with Crippen LogP contribution in [-0.4, -0.2) is 46.0 Å². The number of nitrogens with zero attached hydrogens (tertiary/aromatic N) is 4. The summed E-state index contributed by atoms with van der Waals surface area (Å²) in [7, 11) is 0. The molecule has 3 aromatic rings. The lowest BCUT2D eigenvalue weighted by Gasteiger charge is -2.16. The van der Waals surface area contributed by atoms with Crippen molar-refractivity contribution in [3.63, 3.8) is 0 Å². The van der Waals surface area contributed by atoms with Gasteiger partial charge in [0.25, 0.3) is 0 Å². The maximum atomic E-state index is 12.7. The molecule has 0 bridgehead atoms. The minimum absolute atomic E-state index is 0.296. The molecule has 1 heterocycles. The van der Waals surface area contributed by atoms with Crippen molar-refractivity contribution < 1.29 is 23.7 Å². The van der Waals surface area contributed by atoms with Crippen LogP contribution in [0.5, 0.6) is 23.0 Å². The maximum absolute atomic E-state index is 12.7. The van der Waals surface area contributed by atoms with Crippen molar-refractivity contribution in [2.24, 2.45) is 0 Å². The van der Waals surface area contributed by atoms with Crippen LogP contribution in [0.25, 0.3) is 5.69 Å². The highest BCUT2D eigenvalue weighted by Gasteiger charge is 2.19. The molecule has 0 atom stereocenters. The number of esters is 1. The molecule has 1 aromatic heterocycles. The Kier molecular flexibility index (Phi) is 6.62. The van der Waals surface area contributed by atoms with Crippen LogP contribution in [0.15, 0.2) is 42.7 Å². The van der Waals surface area contributed by atoms with Gasteiger partial charge in [-0.05, 0) is 67.6 Å². The van der Waals surface area contributed by atoms with E-state index in [1.165, 1.54) is 11.0 Å². The lowest BCUT2D eigenvalue weighted by atomic mass is 10.1. The average molecular weight is 398 g/mol. The van der Waals surface area contributed by atoms with Crippen LogP contribution in [0.1, 0.15) is 31.1 Å². The fourth-order valence-electron chi connectivity index (χ4n) is 2.62. The summed E-state index contributed by atoms with van der Waals surface area (Å²) < 4.78 is 23.9. The van der Waals surface area contributed by atoms with Crippen molar-refractivity contribution in [3.8, 4) is 28.7 Å². The Morgan fingerprint density at radius 1 is 0.931 bits per heavy atom. The Bertz CT molecular complexity index is 915. The second-order valence-electron chi connectivity index (χ2n) is 5.74. The lowest BCUT2D eigenvalue weighted by Crippen LogP contribution is -2.11. The summed E-state index contributed by atoms with van der Waals surface area (Å²) in [4.78, 5) is 12.7. The van der Waals surface area contributed by atoms with E-state index >= 15 is 0 Å². The highest BCUT2D eigenvalue weighted by atomic mass is 16.5. The van der Waals surface area contributed by atoms with Gasteiger partial charge >= 0.3 is 5.97 Å². The third-order valence-corrected chi connectivity index (χ3v) is 3.81. The number of carbonyl (C=O) groups is 1. The summed E-state index contributed by atoms with van der Waals surface area (Å²) in [6.45, 7) is 6.86. The molecular formula is C20H22N4O5. The van der Waals surface area contributed by atoms with Crippen molar-refractivity contribution in [1.29, 1.82) is 0 Å². The molecule has 152 valence electrons. The summed E-state index contributed by atoms with van der Waals surface area (Å²) in [6, 6.07) is 10.00. The third-order valence-electron chi connectivity index (χ3n) is 3.81. The van der Waals surface area contributed by atoms with Gasteiger partial charge in [-0.25, -0.2) is 9.48 Å². The first-order chi connectivity index (χ1) is 14.2. The number of aromatic nitrogens is 4. The molecule has 9 nitrogen and oxygen atoms in total. The predicted octanol–water partition coefficient (Wildman–Crippen LogP) is 3.08. The topological polar surface area (TPSA) is 97.6 Å². The molecule has 0 aliphatic heterocycles. The summed E-state index contributed by atoms with van der Waals surface area (Å²) >= 11 is 0. The van der Waals surface area contributed by atoms with Crippen LogP contribution in [0.2, 0.25) is 0 Å². The molecule has 0 aliphatic rings. The Balaban J connectivity index is 1.84. The van der Waals surface area contributed by atoms with Gasteiger partial charge in [0.15, 0.2) is 11.5 Å². The van der Waals surface area contributed by atoms with Crippen molar-refractivity contribution >= 4 is 5.97 Å². The quantitative estimate of drug-likeness (QED) is 0.401. The van der Waals surface area contributed by atoms with Gasteiger partial charge < -0.3 is 18.9 Å². The number of carbonyl (C=O) groups excluding carboxylic acids is 1. The number of rotatable bonds is 9. The van der Waals surface area contributed by atoms with Gasteiger partial charge in [0.2, 0.25) is 5.75 Å². The van der Waals surface area contributed by atoms with E-state index in [2.05, 4.69) is 15.5 Å². The first-order valence-electron chi connectivity index (χ1n) is 9.28. The molecule has 9 heteroatoms. The van der Waals surface area contributed by atoms with Gasteiger partial charge in [0.05, 0.1) is 31.1 Å². The first kappa shape index (κ1) is 20.1. The fraction of sp³-hybridized carbons (Fsp3) is 0.300. The SMILES string of the molecule is CCOc1cc(C(=O)Oc2ccc(-n3cnnn3)cc2)cc(OCC)c1OCC. The number of hydrogen-bond acceptors (Lipinski definition) is 8. The molecule has 0 saturated heterocycles. The normalized spacial score (nSPS) is 10.4. The molecule has 0 spiro atoms. The zero-order valence-corrected chi connectivity index (χ0v) is 16.5. The van der Waals surface area contributed by atoms with Crippen LogP contribution in [-0.2, 0) is 0 Å². The van der Waals surface area contributed by atoms with E-state index in [0.717, 1.165) is 5.69 Å². The summed E-state index contributed by atoms with van der Waals surface area (Å²) in [5, 5.41) is 11.0. The van der Waals surface area contributed by atoms with Gasteiger partial charge in [0.1, 0.15) is 12.1 Å². The summed E-state index contributed by atoms with van der Waals surface area (Å²) in [5.74, 6) is 1.18. The van der Waals surface area contributed by atoms with Crippen LogP contribution in [0.3, 0.4) is 0 Å². The largest absolute Gasteiger partial charge is 0.490 e. The minimum Gasteiger partial charge on any atom is -0.490 e. The van der Waals surface area contributed by atoms with Crippen LogP contribution >= 0.6 is 0 Å². The molecule has 0 amide bonds. The third kappa shape index (κ3) is 4.81. The minimum atomic E-state index is -0.537. The van der Waals surface area contributed by atoms with Gasteiger partial charge in [-0.3, -0.25) is 0 Å². The number of tetrazole rings is 1. The van der Waals surface area contributed by atoms with E-state index in [4.69, 9.17) is 18.9 Å². The lowest BCUT2D eigenvalue weighted by molar-refractivity contribution is 0.0733. The highest BCUT2D eigenvalue weighted by molar-refractivity contribution is 5.92. The monoisotopic (exact) mass is 398 g/mol. The zero-order chi connectivity index (χ0) is 20.6. The van der Waals surface area contributed by atoms with E-state index in [0.29, 0.717) is 48.4 Å². The van der Waals surface area contributed by atoms with Crippen LogP contribution < -0.4 is 18.9 Å². The van der Waals surface area contributed by atoms with E-state index in [-0.39, 0.29) is 0 Å². The molecule has 0 N–H and O–H groups in total. The maximum Gasteiger partial charge on any atom is 0.343 e. The van der Waals surface area contributed by atoms with Gasteiger partial charge in [-0.1, -0.05) is 0 Å². The van der Waals surface area contributed by atoms with Gasteiger partial charge in [-0.15, -0.1) is 5.10 Å². The van der Waals surface area contributed by atoms with Crippen molar-refractivity contribution in [1.82, 2.24) is 20.2 Å². The van der Waals surface area contributed by atoms with Gasteiger partial charge in [-0.2, -0.15) is 0 Å². The van der Waals surface area contributed by atoms with Crippen molar-refractivity contribution in [3.05, 3.63) is 48.3 Å². The summed E-state index contributed by atoms with van der Waals surface area (Å²) in [5.41, 5.74) is 1.04. The molecule has 0 radical (unpaired) electrons. The Hall–Kier alpha value is -3.62. The standard InChI is InChI=1S/C20H22N4O5/c1-4-26-17-11-14(12-18(27-5-2)19(17)28-6-3)20(25)29-16-9-7-15(8-10-16)24-13-21-22-23-24/h7-13H,4-6H2,1-3H3. The molecule has 0 aliphatic carbocycles. The van der Waals surface area contributed by atoms with E-state index in [9.17, 15) is 4.79 Å². The second-order valence-corrected chi connectivity index (χ2v) is 5.74. The van der Waals surface area contributed by atoms with E-state index in [1.807, 2.05) is 20.8 Å². The molecule has 0 fully saturated rings. The molecule has 0 unspecified atom stereocenters. The second kappa shape index (κ2) is 9.54. The Morgan fingerprint density at radius 3 is 2.07 bits per heavy atom. The van der Waals surface area contributed by atoms with Gasteiger partial charge in [0, 0.05) is 0 Å².